The summed E-state index contributed by atoms with van der Waals surface area (Å²) in [6, 6.07) is 15.1. The number of aromatic nitrogens is 3. The SMILES string of the molecule is O=C1Nc2ccc(Cn3cc(-c4ccccc4)nn3)cc2C1=O. The number of carbonyl (C=O) groups excluding carboxylic acids is 2. The Hall–Kier alpha value is -3.28. The molecule has 1 aliphatic rings. The van der Waals surface area contributed by atoms with Gasteiger partial charge in [-0.1, -0.05) is 41.6 Å². The van der Waals surface area contributed by atoms with Crippen molar-refractivity contribution in [3.05, 3.63) is 65.9 Å². The largest absolute Gasteiger partial charge is 0.318 e. The number of carbonyl (C=O) groups is 2. The van der Waals surface area contributed by atoms with E-state index in [2.05, 4.69) is 15.6 Å². The van der Waals surface area contributed by atoms with E-state index >= 15 is 0 Å². The summed E-state index contributed by atoms with van der Waals surface area (Å²) in [7, 11) is 0. The Balaban J connectivity index is 1.59. The molecule has 0 saturated carbocycles. The van der Waals surface area contributed by atoms with Crippen LogP contribution in [0.15, 0.2) is 54.7 Å². The van der Waals surface area contributed by atoms with Crippen LogP contribution >= 0.6 is 0 Å². The molecule has 2 heterocycles. The lowest BCUT2D eigenvalue weighted by Gasteiger charge is -2.03. The van der Waals surface area contributed by atoms with Crippen LogP contribution in [0.5, 0.6) is 0 Å². The lowest BCUT2D eigenvalue weighted by atomic mass is 10.1. The first kappa shape index (κ1) is 13.4. The molecule has 1 N–H and O–H groups in total. The maximum Gasteiger partial charge on any atom is 0.296 e. The number of anilines is 1. The normalized spacial score (nSPS) is 13.0. The number of hydrogen-bond acceptors (Lipinski definition) is 4. The number of ketones is 1. The summed E-state index contributed by atoms with van der Waals surface area (Å²) in [6.07, 6.45) is 1.85. The van der Waals surface area contributed by atoms with Crippen molar-refractivity contribution in [1.29, 1.82) is 0 Å². The van der Waals surface area contributed by atoms with Crippen molar-refractivity contribution in [2.24, 2.45) is 0 Å². The van der Waals surface area contributed by atoms with Crippen LogP contribution in [0, 0.1) is 0 Å². The van der Waals surface area contributed by atoms with E-state index in [1.807, 2.05) is 42.6 Å². The maximum absolute atomic E-state index is 11.7. The summed E-state index contributed by atoms with van der Waals surface area (Å²) in [5, 5.41) is 10.8. The Bertz CT molecular complexity index is 915. The molecule has 2 aromatic carbocycles. The minimum atomic E-state index is -0.579. The number of nitrogens with one attached hydrogen (secondary N) is 1. The van der Waals surface area contributed by atoms with Crippen LogP contribution < -0.4 is 5.32 Å². The predicted octanol–water partition coefficient (Wildman–Crippen LogP) is 2.13. The summed E-state index contributed by atoms with van der Waals surface area (Å²) < 4.78 is 1.71. The van der Waals surface area contributed by atoms with Gasteiger partial charge in [-0.25, -0.2) is 4.68 Å². The molecule has 1 amide bonds. The van der Waals surface area contributed by atoms with Crippen LogP contribution in [0.3, 0.4) is 0 Å². The second kappa shape index (κ2) is 5.17. The molecule has 0 atom stereocenters. The molecular formula is C17H12N4O2. The van der Waals surface area contributed by atoms with Crippen molar-refractivity contribution >= 4 is 17.4 Å². The smallest absolute Gasteiger partial charge is 0.296 e. The number of nitrogens with zero attached hydrogens (tertiary/aromatic N) is 3. The zero-order valence-electron chi connectivity index (χ0n) is 12.1. The van der Waals surface area contributed by atoms with Crippen LogP contribution in [0.2, 0.25) is 0 Å². The topological polar surface area (TPSA) is 76.9 Å². The quantitative estimate of drug-likeness (QED) is 0.752. The molecule has 0 radical (unpaired) electrons. The van der Waals surface area contributed by atoms with Gasteiger partial charge in [-0.05, 0) is 17.7 Å². The Kier molecular flexibility index (Phi) is 3.01. The molecule has 6 heteroatoms. The van der Waals surface area contributed by atoms with E-state index in [1.54, 1.807) is 16.8 Å². The molecule has 1 aromatic heterocycles. The molecule has 0 aliphatic carbocycles. The Labute approximate surface area is 131 Å². The Morgan fingerprint density at radius 3 is 2.70 bits per heavy atom. The van der Waals surface area contributed by atoms with Gasteiger partial charge in [0, 0.05) is 5.56 Å². The molecule has 6 nitrogen and oxygen atoms in total. The lowest BCUT2D eigenvalue weighted by molar-refractivity contribution is -0.112. The molecule has 1 aliphatic heterocycles. The molecule has 23 heavy (non-hydrogen) atoms. The summed E-state index contributed by atoms with van der Waals surface area (Å²) >= 11 is 0. The summed E-state index contributed by atoms with van der Waals surface area (Å²) in [5.41, 5.74) is 3.65. The standard InChI is InChI=1S/C17H12N4O2/c22-16-13-8-11(6-7-14(13)18-17(16)23)9-21-10-15(19-20-21)12-4-2-1-3-5-12/h1-8,10H,9H2,(H,18,22,23). The highest BCUT2D eigenvalue weighted by atomic mass is 16.2. The molecule has 4 rings (SSSR count). The van der Waals surface area contributed by atoms with Crippen LogP contribution in [0.25, 0.3) is 11.3 Å². The second-order valence-corrected chi connectivity index (χ2v) is 5.33. The third-order valence-electron chi connectivity index (χ3n) is 3.74. The van der Waals surface area contributed by atoms with E-state index in [0.29, 0.717) is 17.8 Å². The van der Waals surface area contributed by atoms with Crippen molar-refractivity contribution in [3.63, 3.8) is 0 Å². The molecule has 112 valence electrons. The maximum atomic E-state index is 11.7. The van der Waals surface area contributed by atoms with Crippen molar-refractivity contribution in [1.82, 2.24) is 15.0 Å². The fourth-order valence-electron chi connectivity index (χ4n) is 2.59. The van der Waals surface area contributed by atoms with Crippen molar-refractivity contribution in [3.8, 4) is 11.3 Å². The number of rotatable bonds is 3. The fourth-order valence-corrected chi connectivity index (χ4v) is 2.59. The molecular weight excluding hydrogens is 292 g/mol. The van der Waals surface area contributed by atoms with E-state index in [1.165, 1.54) is 0 Å². The average molecular weight is 304 g/mol. The molecule has 3 aromatic rings. The van der Waals surface area contributed by atoms with Gasteiger partial charge in [0.15, 0.2) is 0 Å². The van der Waals surface area contributed by atoms with Gasteiger partial charge in [-0.3, -0.25) is 9.59 Å². The van der Waals surface area contributed by atoms with Crippen molar-refractivity contribution in [2.45, 2.75) is 6.54 Å². The van der Waals surface area contributed by atoms with Crippen LogP contribution in [-0.2, 0) is 11.3 Å². The number of amides is 1. The van der Waals surface area contributed by atoms with Gasteiger partial charge in [0.1, 0.15) is 5.69 Å². The molecule has 0 spiro atoms. The first-order chi connectivity index (χ1) is 11.2. The highest BCUT2D eigenvalue weighted by Crippen LogP contribution is 2.24. The Morgan fingerprint density at radius 2 is 1.87 bits per heavy atom. The van der Waals surface area contributed by atoms with Gasteiger partial charge in [0.25, 0.3) is 11.7 Å². The summed E-state index contributed by atoms with van der Waals surface area (Å²) in [6.45, 7) is 0.481. The van der Waals surface area contributed by atoms with Crippen molar-refractivity contribution in [2.75, 3.05) is 5.32 Å². The molecule has 0 bridgehead atoms. The van der Waals surface area contributed by atoms with Crippen molar-refractivity contribution < 1.29 is 9.59 Å². The van der Waals surface area contributed by atoms with E-state index in [9.17, 15) is 9.59 Å². The second-order valence-electron chi connectivity index (χ2n) is 5.33. The van der Waals surface area contributed by atoms with Crippen LogP contribution in [0.1, 0.15) is 15.9 Å². The van der Waals surface area contributed by atoms with Crippen LogP contribution in [0.4, 0.5) is 5.69 Å². The van der Waals surface area contributed by atoms with Gasteiger partial charge in [-0.2, -0.15) is 0 Å². The van der Waals surface area contributed by atoms with E-state index in [-0.39, 0.29) is 0 Å². The predicted molar refractivity (Wildman–Crippen MR) is 84.0 cm³/mol. The third-order valence-corrected chi connectivity index (χ3v) is 3.74. The Morgan fingerprint density at radius 1 is 1.04 bits per heavy atom. The fraction of sp³-hybridized carbons (Fsp3) is 0.0588. The highest BCUT2D eigenvalue weighted by Gasteiger charge is 2.27. The highest BCUT2D eigenvalue weighted by molar-refractivity contribution is 6.51. The van der Waals surface area contributed by atoms with E-state index < -0.39 is 11.7 Å². The number of hydrogen-bond donors (Lipinski definition) is 1. The number of benzene rings is 2. The number of Topliss-reactive ketones (excluding diaryl/α,β-unsaturated/α-hetero) is 1. The monoisotopic (exact) mass is 304 g/mol. The lowest BCUT2D eigenvalue weighted by Crippen LogP contribution is -2.12. The number of fused-ring (bicyclic) bond motifs is 1. The first-order valence-electron chi connectivity index (χ1n) is 7.15. The summed E-state index contributed by atoms with van der Waals surface area (Å²) in [5.74, 6) is -1.07. The molecule has 0 unspecified atom stereocenters. The minimum absolute atomic E-state index is 0.413. The van der Waals surface area contributed by atoms with Gasteiger partial charge in [0.05, 0.1) is 24.0 Å². The van der Waals surface area contributed by atoms with E-state index in [4.69, 9.17) is 0 Å². The minimum Gasteiger partial charge on any atom is -0.318 e. The first-order valence-corrected chi connectivity index (χ1v) is 7.15. The average Bonchev–Trinajstić information content (AvgIpc) is 3.15. The van der Waals surface area contributed by atoms with Gasteiger partial charge < -0.3 is 5.32 Å². The van der Waals surface area contributed by atoms with E-state index in [0.717, 1.165) is 16.8 Å². The zero-order valence-corrected chi connectivity index (χ0v) is 12.1. The molecule has 0 fully saturated rings. The van der Waals surface area contributed by atoms with Gasteiger partial charge in [-0.15, -0.1) is 5.10 Å². The third kappa shape index (κ3) is 2.40. The zero-order chi connectivity index (χ0) is 15.8. The molecule has 0 saturated heterocycles. The summed E-state index contributed by atoms with van der Waals surface area (Å²) in [4.78, 5) is 23.1. The van der Waals surface area contributed by atoms with Gasteiger partial charge in [0.2, 0.25) is 0 Å². The van der Waals surface area contributed by atoms with Crippen LogP contribution in [-0.4, -0.2) is 26.7 Å². The van der Waals surface area contributed by atoms with Gasteiger partial charge >= 0.3 is 0 Å².